The van der Waals surface area contributed by atoms with Crippen LogP contribution in [0.4, 0.5) is 10.1 Å². The van der Waals surface area contributed by atoms with Gasteiger partial charge >= 0.3 is 0 Å². The van der Waals surface area contributed by atoms with Crippen molar-refractivity contribution in [1.29, 1.82) is 0 Å². The van der Waals surface area contributed by atoms with Crippen molar-refractivity contribution in [3.63, 3.8) is 0 Å². The van der Waals surface area contributed by atoms with Crippen molar-refractivity contribution in [1.82, 2.24) is 9.80 Å². The molecule has 1 aromatic rings. The second-order valence-corrected chi connectivity index (χ2v) is 9.77. The lowest BCUT2D eigenvalue weighted by Crippen LogP contribution is -2.66. The van der Waals surface area contributed by atoms with E-state index in [0.717, 1.165) is 45.2 Å². The number of hydrogen-bond donors (Lipinski definition) is 1. The monoisotopic (exact) mass is 417 g/mol. The molecule has 0 radical (unpaired) electrons. The molecule has 166 valence electrons. The number of fused-ring (bicyclic) bond motifs is 1. The van der Waals surface area contributed by atoms with Crippen molar-refractivity contribution in [3.8, 4) is 0 Å². The second kappa shape index (κ2) is 8.46. The maximum atomic E-state index is 14.2. The van der Waals surface area contributed by atoms with Gasteiger partial charge in [0.1, 0.15) is 5.82 Å². The number of carbonyl (C=O) groups excluding carboxylic acids is 1. The molecule has 3 fully saturated rings. The molecule has 5 nitrogen and oxygen atoms in total. The lowest BCUT2D eigenvalue weighted by molar-refractivity contribution is -0.140. The predicted octanol–water partition coefficient (Wildman–Crippen LogP) is 3.41. The molecule has 0 saturated carbocycles. The highest BCUT2D eigenvalue weighted by Gasteiger charge is 2.49. The molecule has 0 spiro atoms. The molecule has 3 heterocycles. The van der Waals surface area contributed by atoms with Gasteiger partial charge in [0.2, 0.25) is 5.91 Å². The van der Waals surface area contributed by atoms with Crippen LogP contribution < -0.4 is 4.90 Å². The topological polar surface area (TPSA) is 47.0 Å². The van der Waals surface area contributed by atoms with Crippen LogP contribution in [0, 0.1) is 5.82 Å². The largest absolute Gasteiger partial charge is 0.388 e. The van der Waals surface area contributed by atoms with E-state index in [1.807, 2.05) is 12.1 Å². The van der Waals surface area contributed by atoms with Gasteiger partial charge in [-0.25, -0.2) is 4.39 Å². The van der Waals surface area contributed by atoms with E-state index in [1.165, 1.54) is 6.07 Å². The molecule has 30 heavy (non-hydrogen) atoms. The minimum absolute atomic E-state index is 0.0845. The predicted molar refractivity (Wildman–Crippen MR) is 117 cm³/mol. The number of hydrogen-bond acceptors (Lipinski definition) is 4. The molecule has 1 aromatic carbocycles. The van der Waals surface area contributed by atoms with Crippen molar-refractivity contribution in [2.45, 2.75) is 76.0 Å². The number of aliphatic hydroxyl groups is 1. The van der Waals surface area contributed by atoms with Crippen LogP contribution in [0.25, 0.3) is 0 Å². The Kier molecular flexibility index (Phi) is 6.08. The Morgan fingerprint density at radius 3 is 2.53 bits per heavy atom. The molecule has 0 unspecified atom stereocenters. The number of β-amino-alcohol motifs (C(OH)–C–C–N with tert-alkyl or cyclic N) is 1. The fourth-order valence-corrected chi connectivity index (χ4v) is 6.02. The number of para-hydroxylation sites is 1. The Labute approximate surface area is 179 Å². The molecule has 3 aliphatic heterocycles. The van der Waals surface area contributed by atoms with Gasteiger partial charge in [0.15, 0.2) is 0 Å². The minimum atomic E-state index is -0.766. The number of likely N-dealkylation sites (tertiary alicyclic amines) is 2. The first kappa shape index (κ1) is 21.6. The van der Waals surface area contributed by atoms with E-state index in [0.29, 0.717) is 38.2 Å². The summed E-state index contributed by atoms with van der Waals surface area (Å²) >= 11 is 0. The zero-order chi connectivity index (χ0) is 21.4. The third kappa shape index (κ3) is 4.09. The number of amides is 1. The summed E-state index contributed by atoms with van der Waals surface area (Å²) in [5.74, 6) is -0.0259. The molecule has 1 amide bonds. The Hall–Kier alpha value is -1.66. The van der Waals surface area contributed by atoms with Crippen molar-refractivity contribution < 1.29 is 14.3 Å². The van der Waals surface area contributed by atoms with Crippen molar-refractivity contribution >= 4 is 11.6 Å². The summed E-state index contributed by atoms with van der Waals surface area (Å²) in [7, 11) is 0. The maximum Gasteiger partial charge on any atom is 0.219 e. The molecule has 0 aromatic heterocycles. The third-order valence-electron chi connectivity index (χ3n) is 7.83. The molecule has 4 rings (SSSR count). The zero-order valence-corrected chi connectivity index (χ0v) is 18.4. The van der Waals surface area contributed by atoms with Gasteiger partial charge in [-0.2, -0.15) is 0 Å². The van der Waals surface area contributed by atoms with Crippen LogP contribution in [0.15, 0.2) is 24.3 Å². The number of carbonyl (C=O) groups is 1. The van der Waals surface area contributed by atoms with Crippen molar-refractivity contribution in [2.24, 2.45) is 0 Å². The summed E-state index contributed by atoms with van der Waals surface area (Å²) in [5.41, 5.74) is -0.220. The quantitative estimate of drug-likeness (QED) is 0.819. The first-order chi connectivity index (χ1) is 14.3. The van der Waals surface area contributed by atoms with Gasteiger partial charge in [-0.15, -0.1) is 0 Å². The summed E-state index contributed by atoms with van der Waals surface area (Å²) in [6, 6.07) is 7.12. The average Bonchev–Trinajstić information content (AvgIpc) is 2.87. The smallest absolute Gasteiger partial charge is 0.219 e. The van der Waals surface area contributed by atoms with E-state index in [4.69, 9.17) is 0 Å². The molecule has 1 N–H and O–H groups in total. The Morgan fingerprint density at radius 1 is 1.10 bits per heavy atom. The highest BCUT2D eigenvalue weighted by molar-refractivity contribution is 5.74. The van der Waals surface area contributed by atoms with Crippen molar-refractivity contribution in [2.75, 3.05) is 37.6 Å². The molecule has 0 aliphatic carbocycles. The third-order valence-corrected chi connectivity index (χ3v) is 7.83. The highest BCUT2D eigenvalue weighted by Crippen LogP contribution is 2.40. The number of halogens is 1. The van der Waals surface area contributed by atoms with E-state index < -0.39 is 5.60 Å². The van der Waals surface area contributed by atoms with Crippen LogP contribution in [0.5, 0.6) is 0 Å². The number of benzene rings is 1. The van der Waals surface area contributed by atoms with Gasteiger partial charge in [-0.3, -0.25) is 9.69 Å². The summed E-state index contributed by atoms with van der Waals surface area (Å²) in [4.78, 5) is 18.9. The molecule has 3 aliphatic rings. The number of piperidine rings is 2. The van der Waals surface area contributed by atoms with Gasteiger partial charge in [0.25, 0.3) is 0 Å². The first-order valence-electron chi connectivity index (χ1n) is 11.6. The first-order valence-corrected chi connectivity index (χ1v) is 11.6. The van der Waals surface area contributed by atoms with Gasteiger partial charge in [0.05, 0.1) is 11.3 Å². The Morgan fingerprint density at radius 2 is 1.83 bits per heavy atom. The number of nitrogens with zero attached hydrogens (tertiary/aromatic N) is 3. The van der Waals surface area contributed by atoms with Gasteiger partial charge in [0, 0.05) is 44.7 Å². The summed E-state index contributed by atoms with van der Waals surface area (Å²) in [6.07, 6.45) is 6.63. The molecule has 0 bridgehead atoms. The van der Waals surface area contributed by atoms with E-state index in [9.17, 15) is 14.3 Å². The fraction of sp³-hybridized carbons (Fsp3) is 0.708. The standard InChI is InChI=1S/C24H36FN3O2/c1-19(29)28-15-7-11-23(2)22(28)10-5-6-14-27(23)18-24(30)12-16-26(17-13-24)21-9-4-3-8-20(21)25/h3-4,8-9,22,30H,5-7,10-18H2,1-2H3/t22-,23-/m0/s1. The maximum absolute atomic E-state index is 14.2. The van der Waals surface area contributed by atoms with E-state index in [-0.39, 0.29) is 23.3 Å². The number of anilines is 1. The van der Waals surface area contributed by atoms with E-state index in [2.05, 4.69) is 21.6 Å². The van der Waals surface area contributed by atoms with Crippen molar-refractivity contribution in [3.05, 3.63) is 30.1 Å². The lowest BCUT2D eigenvalue weighted by Gasteiger charge is -2.54. The van der Waals surface area contributed by atoms with E-state index in [1.54, 1.807) is 13.0 Å². The minimum Gasteiger partial charge on any atom is -0.388 e. The van der Waals surface area contributed by atoms with Crippen LogP contribution in [0.3, 0.4) is 0 Å². The van der Waals surface area contributed by atoms with Gasteiger partial charge < -0.3 is 14.9 Å². The fourth-order valence-electron chi connectivity index (χ4n) is 6.02. The zero-order valence-electron chi connectivity index (χ0n) is 18.4. The molecular weight excluding hydrogens is 381 g/mol. The SMILES string of the molecule is CC(=O)N1CCC[C@@]2(C)[C@@H]1CCCCN2CC1(O)CCN(c2ccccc2F)CC1. The van der Waals surface area contributed by atoms with Gasteiger partial charge in [-0.05, 0) is 64.1 Å². The Balaban J connectivity index is 1.47. The summed E-state index contributed by atoms with van der Waals surface area (Å²) < 4.78 is 14.2. The average molecular weight is 418 g/mol. The van der Waals surface area contributed by atoms with E-state index >= 15 is 0 Å². The molecule has 3 saturated heterocycles. The van der Waals surface area contributed by atoms with Crippen LogP contribution in [-0.2, 0) is 4.79 Å². The van der Waals surface area contributed by atoms with Crippen LogP contribution in [-0.4, -0.2) is 70.7 Å². The normalized spacial score (nSPS) is 29.9. The van der Waals surface area contributed by atoms with Crippen LogP contribution in [0.2, 0.25) is 0 Å². The Bertz CT molecular complexity index is 765. The summed E-state index contributed by atoms with van der Waals surface area (Å²) in [6.45, 7) is 7.76. The highest BCUT2D eigenvalue weighted by atomic mass is 19.1. The molecule has 2 atom stereocenters. The van der Waals surface area contributed by atoms with Gasteiger partial charge in [-0.1, -0.05) is 18.6 Å². The number of rotatable bonds is 3. The van der Waals surface area contributed by atoms with Crippen LogP contribution in [0.1, 0.15) is 58.8 Å². The summed E-state index contributed by atoms with van der Waals surface area (Å²) in [5, 5.41) is 11.5. The second-order valence-electron chi connectivity index (χ2n) is 9.77. The molecule has 6 heteroatoms. The van der Waals surface area contributed by atoms with Crippen LogP contribution >= 0.6 is 0 Å². The molecular formula is C24H36FN3O2. The lowest BCUT2D eigenvalue weighted by atomic mass is 9.78.